The molecule has 0 saturated carbocycles. The zero-order chi connectivity index (χ0) is 23.0. The highest BCUT2D eigenvalue weighted by atomic mass is 79.9. The van der Waals surface area contributed by atoms with E-state index in [1.165, 1.54) is 12.1 Å². The van der Waals surface area contributed by atoms with Crippen molar-refractivity contribution in [2.45, 2.75) is 33.3 Å². The van der Waals surface area contributed by atoms with Gasteiger partial charge in [0, 0.05) is 22.5 Å². The quantitative estimate of drug-likeness (QED) is 0.314. The molecule has 0 aromatic heterocycles. The van der Waals surface area contributed by atoms with E-state index in [1.807, 2.05) is 0 Å². The van der Waals surface area contributed by atoms with Crippen LogP contribution in [-0.4, -0.2) is 29.4 Å². The highest BCUT2D eigenvalue weighted by Crippen LogP contribution is 2.25. The number of nitro groups is 1. The fourth-order valence-electron chi connectivity index (χ4n) is 2.56. The van der Waals surface area contributed by atoms with Crippen molar-refractivity contribution < 1.29 is 28.8 Å². The summed E-state index contributed by atoms with van der Waals surface area (Å²) in [5.41, 5.74) is 1.55. The van der Waals surface area contributed by atoms with Crippen LogP contribution in [0.2, 0.25) is 0 Å². The maximum Gasteiger partial charge on any atom is 0.338 e. The van der Waals surface area contributed by atoms with Crippen LogP contribution >= 0.6 is 15.9 Å². The molecular formula is C21H21BrN2O7. The lowest BCUT2D eigenvalue weighted by Crippen LogP contribution is -2.15. The van der Waals surface area contributed by atoms with Crippen molar-refractivity contribution in [1.29, 1.82) is 0 Å². The number of hydrogen-bond donors (Lipinski definition) is 1. The molecule has 1 N–H and O–H groups in total. The molecule has 2 rings (SSSR count). The van der Waals surface area contributed by atoms with Crippen LogP contribution in [0.4, 0.5) is 11.4 Å². The largest absolute Gasteiger partial charge is 0.462 e. The average molecular weight is 493 g/mol. The Hall–Kier alpha value is -3.27. The molecule has 164 valence electrons. The number of amides is 1. The molecule has 0 saturated heterocycles. The molecule has 0 aliphatic rings. The third kappa shape index (κ3) is 7.18. The van der Waals surface area contributed by atoms with E-state index < -0.39 is 22.8 Å². The number of ether oxygens (including phenoxy) is 2. The molecule has 0 fully saturated rings. The molecular weight excluding hydrogens is 472 g/mol. The molecule has 0 heterocycles. The summed E-state index contributed by atoms with van der Waals surface area (Å²) in [5, 5.41) is 13.6. The van der Waals surface area contributed by atoms with Gasteiger partial charge in [0.1, 0.15) is 12.3 Å². The second-order valence-electron chi connectivity index (χ2n) is 6.51. The maximum absolute atomic E-state index is 12.1. The fourth-order valence-corrected chi connectivity index (χ4v) is 3.06. The lowest BCUT2D eigenvalue weighted by molar-refractivity contribution is -0.384. The average Bonchev–Trinajstić information content (AvgIpc) is 2.72. The molecule has 0 radical (unpaired) electrons. The van der Waals surface area contributed by atoms with Crippen molar-refractivity contribution in [2.24, 2.45) is 0 Å². The van der Waals surface area contributed by atoms with Gasteiger partial charge in [-0.25, -0.2) is 4.79 Å². The number of nitrogens with one attached hydrogen (secondary N) is 1. The van der Waals surface area contributed by atoms with Crippen molar-refractivity contribution in [3.05, 3.63) is 67.7 Å². The second-order valence-corrected chi connectivity index (χ2v) is 7.37. The molecule has 9 nitrogen and oxygen atoms in total. The first-order chi connectivity index (χ1) is 14.7. The van der Waals surface area contributed by atoms with Gasteiger partial charge < -0.3 is 14.8 Å². The van der Waals surface area contributed by atoms with Gasteiger partial charge in [-0.15, -0.1) is 0 Å². The first kappa shape index (κ1) is 24.0. The normalized spacial score (nSPS) is 10.3. The van der Waals surface area contributed by atoms with Crippen LogP contribution in [0.3, 0.4) is 0 Å². The molecule has 2 aromatic carbocycles. The van der Waals surface area contributed by atoms with Crippen molar-refractivity contribution in [3.63, 3.8) is 0 Å². The van der Waals surface area contributed by atoms with Gasteiger partial charge in [-0.1, -0.05) is 28.1 Å². The van der Waals surface area contributed by atoms with Crippen molar-refractivity contribution in [3.8, 4) is 0 Å². The summed E-state index contributed by atoms with van der Waals surface area (Å²) in [4.78, 5) is 46.3. The number of aryl methyl sites for hydroxylation is 1. The minimum absolute atomic E-state index is 0.0480. The topological polar surface area (TPSA) is 125 Å². The van der Waals surface area contributed by atoms with Crippen LogP contribution in [0, 0.1) is 17.0 Å². The fraction of sp³-hybridized carbons (Fsp3) is 0.286. The van der Waals surface area contributed by atoms with Gasteiger partial charge in [0.2, 0.25) is 5.91 Å². The Balaban J connectivity index is 1.85. The Morgan fingerprint density at radius 3 is 2.48 bits per heavy atom. The molecule has 31 heavy (non-hydrogen) atoms. The zero-order valence-electron chi connectivity index (χ0n) is 17.0. The maximum atomic E-state index is 12.1. The van der Waals surface area contributed by atoms with Crippen LogP contribution < -0.4 is 5.32 Å². The number of nitro benzene ring substituents is 1. The van der Waals surface area contributed by atoms with Gasteiger partial charge in [0.25, 0.3) is 5.69 Å². The van der Waals surface area contributed by atoms with E-state index >= 15 is 0 Å². The van der Waals surface area contributed by atoms with Gasteiger partial charge in [-0.3, -0.25) is 19.7 Å². The predicted molar refractivity (Wildman–Crippen MR) is 116 cm³/mol. The Morgan fingerprint density at radius 2 is 1.84 bits per heavy atom. The van der Waals surface area contributed by atoms with E-state index in [0.717, 1.165) is 0 Å². The summed E-state index contributed by atoms with van der Waals surface area (Å²) < 4.78 is 10.7. The number of benzene rings is 2. The monoisotopic (exact) mass is 492 g/mol. The van der Waals surface area contributed by atoms with Crippen molar-refractivity contribution in [1.82, 2.24) is 0 Å². The van der Waals surface area contributed by atoms with Crippen LogP contribution in [0.25, 0.3) is 0 Å². The SMILES string of the molecule is CCOC(=O)c1ccc(COC(=O)CCC(=O)Nc2ccc(C)cc2[N+](=O)[O-])c(Br)c1. The Bertz CT molecular complexity index is 1010. The first-order valence-corrected chi connectivity index (χ1v) is 10.2. The van der Waals surface area contributed by atoms with Crippen LogP contribution in [0.1, 0.15) is 41.3 Å². The Labute approximate surface area is 187 Å². The van der Waals surface area contributed by atoms with Crippen LogP contribution in [0.15, 0.2) is 40.9 Å². The number of carbonyl (C=O) groups is 3. The summed E-state index contributed by atoms with van der Waals surface area (Å²) >= 11 is 3.32. The number of hydrogen-bond acceptors (Lipinski definition) is 7. The molecule has 10 heteroatoms. The lowest BCUT2D eigenvalue weighted by Gasteiger charge is -2.09. The molecule has 0 bridgehead atoms. The second kappa shape index (κ2) is 11.2. The zero-order valence-corrected chi connectivity index (χ0v) is 18.6. The highest BCUT2D eigenvalue weighted by molar-refractivity contribution is 9.10. The molecule has 0 aliphatic carbocycles. The third-order valence-corrected chi connectivity index (χ3v) is 4.87. The highest BCUT2D eigenvalue weighted by Gasteiger charge is 2.17. The standard InChI is InChI=1S/C21H21BrN2O7/c1-3-30-21(27)14-5-6-15(16(22)11-14)12-31-20(26)9-8-19(25)23-17-7-4-13(2)10-18(17)24(28)29/h4-7,10-11H,3,8-9,12H2,1-2H3,(H,23,25). The van der Waals surface area contributed by atoms with E-state index in [1.54, 1.807) is 38.1 Å². The summed E-state index contributed by atoms with van der Waals surface area (Å²) in [6, 6.07) is 9.21. The van der Waals surface area contributed by atoms with Gasteiger partial charge in [-0.2, -0.15) is 0 Å². The van der Waals surface area contributed by atoms with Gasteiger partial charge in [0.05, 0.1) is 23.5 Å². The summed E-state index contributed by atoms with van der Waals surface area (Å²) in [6.45, 7) is 3.63. The first-order valence-electron chi connectivity index (χ1n) is 9.37. The lowest BCUT2D eigenvalue weighted by atomic mass is 10.1. The number of rotatable bonds is 9. The molecule has 0 unspecified atom stereocenters. The number of esters is 2. The smallest absolute Gasteiger partial charge is 0.338 e. The summed E-state index contributed by atoms with van der Waals surface area (Å²) in [7, 11) is 0. The van der Waals surface area contributed by atoms with Gasteiger partial charge >= 0.3 is 11.9 Å². The van der Waals surface area contributed by atoms with Gasteiger partial charge in [0.15, 0.2) is 0 Å². The predicted octanol–water partition coefficient (Wildman–Crippen LogP) is 4.30. The number of halogens is 1. The molecule has 0 spiro atoms. The number of nitrogens with zero attached hydrogens (tertiary/aromatic N) is 1. The Kier molecular flexibility index (Phi) is 8.68. The van der Waals surface area contributed by atoms with E-state index in [9.17, 15) is 24.5 Å². The summed E-state index contributed by atoms with van der Waals surface area (Å²) in [5.74, 6) is -1.59. The van der Waals surface area contributed by atoms with E-state index in [4.69, 9.17) is 9.47 Å². The molecule has 0 atom stereocenters. The number of anilines is 1. The van der Waals surface area contributed by atoms with Crippen molar-refractivity contribution in [2.75, 3.05) is 11.9 Å². The molecule has 0 aliphatic heterocycles. The Morgan fingerprint density at radius 1 is 1.10 bits per heavy atom. The third-order valence-electron chi connectivity index (χ3n) is 4.13. The number of carbonyl (C=O) groups excluding carboxylic acids is 3. The minimum atomic E-state index is -0.602. The van der Waals surface area contributed by atoms with E-state index in [-0.39, 0.29) is 37.4 Å². The summed E-state index contributed by atoms with van der Waals surface area (Å²) in [6.07, 6.45) is -0.378. The molecule has 1 amide bonds. The van der Waals surface area contributed by atoms with E-state index in [2.05, 4.69) is 21.2 Å². The molecule has 2 aromatic rings. The van der Waals surface area contributed by atoms with Crippen molar-refractivity contribution >= 4 is 45.2 Å². The minimum Gasteiger partial charge on any atom is -0.462 e. The van der Waals surface area contributed by atoms with Gasteiger partial charge in [-0.05, 0) is 37.6 Å². The van der Waals surface area contributed by atoms with Crippen LogP contribution in [-0.2, 0) is 25.7 Å². The van der Waals surface area contributed by atoms with E-state index in [0.29, 0.717) is 21.2 Å². The van der Waals surface area contributed by atoms with Crippen LogP contribution in [0.5, 0.6) is 0 Å².